The van der Waals surface area contributed by atoms with E-state index >= 15 is 0 Å². The van der Waals surface area contributed by atoms with Crippen molar-refractivity contribution in [2.24, 2.45) is 16.6 Å². The second kappa shape index (κ2) is 11.8. The van der Waals surface area contributed by atoms with Crippen LogP contribution >= 0.6 is 35.6 Å². The Hall–Kier alpha value is -1.87. The number of rotatable bonds is 8. The van der Waals surface area contributed by atoms with Crippen molar-refractivity contribution in [3.8, 4) is 17.2 Å². The topological polar surface area (TPSA) is 78.1 Å². The minimum atomic E-state index is 0. The third kappa shape index (κ3) is 7.34. The number of guanidine groups is 1. The Balaban J connectivity index is 0.00000364. The standard InChI is InChI=1S/C19H24ClN3O3.HI/c1-13(12-26-18-7-5-4-6-17(18)25-3)11-22-19(21)23-14-8-9-16(24-2)15(20)10-14;/h4-10,13H,11-12H2,1-3H3,(H3,21,22,23);1H. The lowest BCUT2D eigenvalue weighted by atomic mass is 10.2. The van der Waals surface area contributed by atoms with Crippen LogP contribution in [0.25, 0.3) is 0 Å². The molecule has 2 aromatic rings. The molecule has 0 aliphatic heterocycles. The second-order valence-corrected chi connectivity index (χ2v) is 6.17. The van der Waals surface area contributed by atoms with Crippen molar-refractivity contribution in [1.82, 2.24) is 0 Å². The van der Waals surface area contributed by atoms with Crippen molar-refractivity contribution in [1.29, 1.82) is 0 Å². The minimum absolute atomic E-state index is 0. The molecule has 0 bridgehead atoms. The third-order valence-electron chi connectivity index (χ3n) is 3.59. The van der Waals surface area contributed by atoms with E-state index in [1.807, 2.05) is 37.3 Å². The van der Waals surface area contributed by atoms with Gasteiger partial charge < -0.3 is 25.3 Å². The Labute approximate surface area is 182 Å². The highest BCUT2D eigenvalue weighted by molar-refractivity contribution is 14.0. The lowest BCUT2D eigenvalue weighted by Crippen LogP contribution is -2.24. The first-order chi connectivity index (χ1) is 12.5. The first-order valence-corrected chi connectivity index (χ1v) is 8.57. The van der Waals surface area contributed by atoms with E-state index in [-0.39, 0.29) is 29.9 Å². The molecule has 0 heterocycles. The summed E-state index contributed by atoms with van der Waals surface area (Å²) in [5.74, 6) is 2.52. The van der Waals surface area contributed by atoms with E-state index in [9.17, 15) is 0 Å². The molecule has 1 atom stereocenters. The van der Waals surface area contributed by atoms with Crippen LogP contribution in [0.1, 0.15) is 6.92 Å². The number of benzene rings is 2. The zero-order chi connectivity index (χ0) is 18.9. The highest BCUT2D eigenvalue weighted by Crippen LogP contribution is 2.27. The van der Waals surface area contributed by atoms with Gasteiger partial charge in [0.05, 0.1) is 25.8 Å². The van der Waals surface area contributed by atoms with Gasteiger partial charge in [-0.1, -0.05) is 30.7 Å². The van der Waals surface area contributed by atoms with E-state index in [1.54, 1.807) is 26.4 Å². The molecule has 0 fully saturated rings. The molecule has 0 aliphatic carbocycles. The molecule has 148 valence electrons. The predicted octanol–water partition coefficient (Wildman–Crippen LogP) is 4.42. The van der Waals surface area contributed by atoms with Crippen LogP contribution in [0.3, 0.4) is 0 Å². The highest BCUT2D eigenvalue weighted by Gasteiger charge is 2.07. The molecular formula is C19H25ClIN3O3. The summed E-state index contributed by atoms with van der Waals surface area (Å²) in [6.45, 7) is 3.07. The summed E-state index contributed by atoms with van der Waals surface area (Å²) >= 11 is 6.09. The first kappa shape index (κ1) is 23.2. The number of nitrogens with two attached hydrogens (primary N) is 1. The third-order valence-corrected chi connectivity index (χ3v) is 3.89. The van der Waals surface area contributed by atoms with E-state index in [0.717, 1.165) is 5.69 Å². The maximum Gasteiger partial charge on any atom is 0.193 e. The maximum atomic E-state index is 6.09. The molecule has 0 spiro atoms. The predicted molar refractivity (Wildman–Crippen MR) is 121 cm³/mol. The van der Waals surface area contributed by atoms with E-state index in [0.29, 0.717) is 41.4 Å². The highest BCUT2D eigenvalue weighted by atomic mass is 127. The zero-order valence-electron chi connectivity index (χ0n) is 15.6. The molecule has 2 rings (SSSR count). The van der Waals surface area contributed by atoms with E-state index in [1.165, 1.54) is 0 Å². The van der Waals surface area contributed by atoms with Gasteiger partial charge in [-0.05, 0) is 30.3 Å². The van der Waals surface area contributed by atoms with Gasteiger partial charge in [-0.25, -0.2) is 0 Å². The van der Waals surface area contributed by atoms with Gasteiger partial charge in [-0.15, -0.1) is 24.0 Å². The summed E-state index contributed by atoms with van der Waals surface area (Å²) in [6, 6.07) is 12.9. The van der Waals surface area contributed by atoms with Gasteiger partial charge in [-0.3, -0.25) is 4.99 Å². The van der Waals surface area contributed by atoms with Crippen molar-refractivity contribution in [2.75, 3.05) is 32.7 Å². The van der Waals surface area contributed by atoms with E-state index in [2.05, 4.69) is 10.3 Å². The van der Waals surface area contributed by atoms with Crippen LogP contribution in [-0.4, -0.2) is 33.3 Å². The van der Waals surface area contributed by atoms with Crippen LogP contribution in [0.5, 0.6) is 17.2 Å². The van der Waals surface area contributed by atoms with Crippen LogP contribution in [0.15, 0.2) is 47.5 Å². The van der Waals surface area contributed by atoms with Crippen molar-refractivity contribution in [2.45, 2.75) is 6.92 Å². The van der Waals surface area contributed by atoms with Crippen LogP contribution in [-0.2, 0) is 0 Å². The Bertz CT molecular complexity index is 759. The normalized spacial score (nSPS) is 11.9. The Morgan fingerprint density at radius 3 is 2.41 bits per heavy atom. The number of halogens is 2. The number of nitrogens with zero attached hydrogens (tertiary/aromatic N) is 1. The van der Waals surface area contributed by atoms with Gasteiger partial charge in [0.1, 0.15) is 5.75 Å². The minimum Gasteiger partial charge on any atom is -0.495 e. The number of ether oxygens (including phenoxy) is 3. The van der Waals surface area contributed by atoms with Gasteiger partial charge in [0.2, 0.25) is 0 Å². The fraction of sp³-hybridized carbons (Fsp3) is 0.316. The number of para-hydroxylation sites is 2. The van der Waals surface area contributed by atoms with Crippen molar-refractivity contribution in [3.05, 3.63) is 47.5 Å². The molecule has 0 aliphatic rings. The number of nitrogens with one attached hydrogen (secondary N) is 1. The fourth-order valence-corrected chi connectivity index (χ4v) is 2.47. The van der Waals surface area contributed by atoms with Crippen LogP contribution in [0.4, 0.5) is 5.69 Å². The first-order valence-electron chi connectivity index (χ1n) is 8.19. The molecule has 0 saturated heterocycles. The summed E-state index contributed by atoms with van der Waals surface area (Å²) in [6.07, 6.45) is 0. The molecule has 6 nitrogen and oxygen atoms in total. The van der Waals surface area contributed by atoms with Gasteiger partial charge in [0, 0.05) is 18.2 Å². The van der Waals surface area contributed by atoms with Crippen molar-refractivity contribution in [3.63, 3.8) is 0 Å². The molecule has 3 N–H and O–H groups in total. The fourth-order valence-electron chi connectivity index (χ4n) is 2.21. The molecule has 0 radical (unpaired) electrons. The lowest BCUT2D eigenvalue weighted by Gasteiger charge is -2.14. The largest absolute Gasteiger partial charge is 0.495 e. The van der Waals surface area contributed by atoms with Crippen LogP contribution < -0.4 is 25.3 Å². The molecular weight excluding hydrogens is 481 g/mol. The van der Waals surface area contributed by atoms with Crippen molar-refractivity contribution < 1.29 is 14.2 Å². The number of hydrogen-bond acceptors (Lipinski definition) is 4. The second-order valence-electron chi connectivity index (χ2n) is 5.77. The van der Waals surface area contributed by atoms with Gasteiger partial charge >= 0.3 is 0 Å². The van der Waals surface area contributed by atoms with Crippen LogP contribution in [0, 0.1) is 5.92 Å². The molecule has 0 aromatic heterocycles. The zero-order valence-corrected chi connectivity index (χ0v) is 18.7. The number of anilines is 1. The summed E-state index contributed by atoms with van der Waals surface area (Å²) < 4.78 is 16.2. The molecule has 0 saturated carbocycles. The van der Waals surface area contributed by atoms with Gasteiger partial charge in [-0.2, -0.15) is 0 Å². The van der Waals surface area contributed by atoms with E-state index < -0.39 is 0 Å². The smallest absolute Gasteiger partial charge is 0.193 e. The number of methoxy groups -OCH3 is 2. The van der Waals surface area contributed by atoms with Gasteiger partial charge in [0.25, 0.3) is 0 Å². The summed E-state index contributed by atoms with van der Waals surface area (Å²) in [5.41, 5.74) is 6.68. The Morgan fingerprint density at radius 1 is 1.11 bits per heavy atom. The maximum absolute atomic E-state index is 6.09. The molecule has 27 heavy (non-hydrogen) atoms. The molecule has 2 aromatic carbocycles. The summed E-state index contributed by atoms with van der Waals surface area (Å²) in [5, 5.41) is 3.51. The summed E-state index contributed by atoms with van der Waals surface area (Å²) in [4.78, 5) is 4.34. The lowest BCUT2D eigenvalue weighted by molar-refractivity contribution is 0.251. The number of hydrogen-bond donors (Lipinski definition) is 2. The van der Waals surface area contributed by atoms with E-state index in [4.69, 9.17) is 31.5 Å². The number of aliphatic imine (C=N–C) groups is 1. The van der Waals surface area contributed by atoms with Crippen molar-refractivity contribution >= 4 is 47.2 Å². The molecule has 1 unspecified atom stereocenters. The Morgan fingerprint density at radius 2 is 1.78 bits per heavy atom. The average Bonchev–Trinajstić information content (AvgIpc) is 2.65. The molecule has 8 heteroatoms. The quantitative estimate of drug-likeness (QED) is 0.316. The molecule has 0 amide bonds. The monoisotopic (exact) mass is 505 g/mol. The van der Waals surface area contributed by atoms with Crippen LogP contribution in [0.2, 0.25) is 5.02 Å². The Kier molecular flexibility index (Phi) is 10.1. The SMILES string of the molecule is COc1ccc(NC(N)=NCC(C)COc2ccccc2OC)cc1Cl.I. The van der Waals surface area contributed by atoms with Gasteiger partial charge in [0.15, 0.2) is 17.5 Å². The average molecular weight is 506 g/mol. The summed E-state index contributed by atoms with van der Waals surface area (Å²) in [7, 11) is 3.19.